The van der Waals surface area contributed by atoms with Crippen molar-refractivity contribution in [3.05, 3.63) is 12.3 Å². The molecule has 0 fully saturated rings. The fourth-order valence-corrected chi connectivity index (χ4v) is 1.48. The highest BCUT2D eigenvalue weighted by atomic mass is 15.2. The third kappa shape index (κ3) is 2.21. The number of nitrogens with two attached hydrogens (primary N) is 2. The number of rotatable bonds is 3. The maximum Gasteiger partial charge on any atom is 0.194 e. The second-order valence-corrected chi connectivity index (χ2v) is 3.55. The van der Waals surface area contributed by atoms with E-state index in [4.69, 9.17) is 11.5 Å². The lowest BCUT2D eigenvalue weighted by molar-refractivity contribution is 0.343. The molecule has 13 heavy (non-hydrogen) atoms. The average molecular weight is 182 g/mol. The van der Waals surface area contributed by atoms with Gasteiger partial charge in [-0.1, -0.05) is 20.3 Å². The fraction of sp³-hybridized carbons (Fsp3) is 0.667. The first kappa shape index (κ1) is 10.1. The van der Waals surface area contributed by atoms with Gasteiger partial charge < -0.3 is 16.8 Å². The molecule has 4 nitrogen and oxygen atoms in total. The van der Waals surface area contributed by atoms with Crippen LogP contribution in [0.2, 0.25) is 0 Å². The van der Waals surface area contributed by atoms with E-state index in [1.807, 2.05) is 6.08 Å². The quantitative estimate of drug-likeness (QED) is 0.595. The molecule has 74 valence electrons. The zero-order valence-corrected chi connectivity index (χ0v) is 8.25. The van der Waals surface area contributed by atoms with Gasteiger partial charge in [-0.2, -0.15) is 0 Å². The molecule has 0 aromatic rings. The molecule has 0 amide bonds. The van der Waals surface area contributed by atoms with E-state index in [1.165, 1.54) is 0 Å². The molecular formula is C9H18N4. The summed E-state index contributed by atoms with van der Waals surface area (Å²) in [6.45, 7) is 4.23. The van der Waals surface area contributed by atoms with Gasteiger partial charge in [0.1, 0.15) is 5.66 Å². The summed E-state index contributed by atoms with van der Waals surface area (Å²) in [5.41, 5.74) is 11.0. The molecule has 1 rings (SSSR count). The van der Waals surface area contributed by atoms with Crippen molar-refractivity contribution < 1.29 is 0 Å². The zero-order chi connectivity index (χ0) is 9.90. The minimum atomic E-state index is -0.620. The molecule has 0 spiro atoms. The highest BCUT2D eigenvalue weighted by Crippen LogP contribution is 2.23. The summed E-state index contributed by atoms with van der Waals surface area (Å²) in [6.07, 6.45) is 5.78. The molecule has 0 saturated heterocycles. The van der Waals surface area contributed by atoms with Gasteiger partial charge in [0.15, 0.2) is 5.96 Å². The van der Waals surface area contributed by atoms with Gasteiger partial charge in [0.05, 0.1) is 0 Å². The molecule has 0 aromatic carbocycles. The molecule has 1 aliphatic heterocycles. The van der Waals surface area contributed by atoms with Crippen LogP contribution in [0.4, 0.5) is 0 Å². The summed E-state index contributed by atoms with van der Waals surface area (Å²) in [4.78, 5) is 4.21. The van der Waals surface area contributed by atoms with Crippen LogP contribution in [0.5, 0.6) is 0 Å². The van der Waals surface area contributed by atoms with Gasteiger partial charge in [0.25, 0.3) is 0 Å². The van der Waals surface area contributed by atoms with E-state index in [0.29, 0.717) is 11.9 Å². The first-order valence-corrected chi connectivity index (χ1v) is 4.67. The topological polar surface area (TPSA) is 76.4 Å². The number of aliphatic imine (C=N–C) groups is 1. The molecule has 0 radical (unpaired) electrons. The molecule has 0 saturated carbocycles. The van der Waals surface area contributed by atoms with Crippen LogP contribution in [0.25, 0.3) is 0 Å². The van der Waals surface area contributed by atoms with E-state index in [0.717, 1.165) is 12.8 Å². The lowest BCUT2D eigenvalue weighted by Crippen LogP contribution is -2.48. The molecule has 1 aliphatic rings. The van der Waals surface area contributed by atoms with Crippen LogP contribution in [-0.4, -0.2) is 11.6 Å². The number of hydrogen-bond donors (Lipinski definition) is 3. The van der Waals surface area contributed by atoms with Gasteiger partial charge >= 0.3 is 0 Å². The SMILES string of the molecule is CCCC(C)C1(N)C=CNC(N)=N1. The first-order chi connectivity index (χ1) is 6.08. The van der Waals surface area contributed by atoms with Gasteiger partial charge in [0.2, 0.25) is 0 Å². The van der Waals surface area contributed by atoms with Crippen molar-refractivity contribution in [3.8, 4) is 0 Å². The molecule has 0 bridgehead atoms. The molecule has 1 heterocycles. The van der Waals surface area contributed by atoms with Crippen molar-refractivity contribution in [3.63, 3.8) is 0 Å². The summed E-state index contributed by atoms with van der Waals surface area (Å²) in [5.74, 6) is 0.711. The summed E-state index contributed by atoms with van der Waals surface area (Å²) >= 11 is 0. The largest absolute Gasteiger partial charge is 0.370 e. The monoisotopic (exact) mass is 182 g/mol. The fourth-order valence-electron chi connectivity index (χ4n) is 1.48. The Balaban J connectivity index is 2.74. The smallest absolute Gasteiger partial charge is 0.194 e. The molecule has 0 aromatic heterocycles. The van der Waals surface area contributed by atoms with E-state index in [9.17, 15) is 0 Å². The lowest BCUT2D eigenvalue weighted by Gasteiger charge is -2.31. The predicted molar refractivity (Wildman–Crippen MR) is 54.9 cm³/mol. The molecule has 5 N–H and O–H groups in total. The van der Waals surface area contributed by atoms with Crippen LogP contribution in [0.1, 0.15) is 26.7 Å². The number of guanidine groups is 1. The minimum Gasteiger partial charge on any atom is -0.370 e. The van der Waals surface area contributed by atoms with E-state index in [1.54, 1.807) is 6.20 Å². The third-order valence-corrected chi connectivity index (χ3v) is 2.41. The summed E-state index contributed by atoms with van der Waals surface area (Å²) < 4.78 is 0. The summed E-state index contributed by atoms with van der Waals surface area (Å²) in [6, 6.07) is 0. The molecule has 2 atom stereocenters. The zero-order valence-electron chi connectivity index (χ0n) is 8.25. The van der Waals surface area contributed by atoms with Gasteiger partial charge in [-0.05, 0) is 18.4 Å². The maximum absolute atomic E-state index is 6.08. The van der Waals surface area contributed by atoms with Gasteiger partial charge in [-0.15, -0.1) is 0 Å². The average Bonchev–Trinajstić information content (AvgIpc) is 2.04. The van der Waals surface area contributed by atoms with Crippen molar-refractivity contribution in [1.29, 1.82) is 0 Å². The van der Waals surface area contributed by atoms with E-state index in [-0.39, 0.29) is 0 Å². The Morgan fingerprint density at radius 3 is 2.92 bits per heavy atom. The Bertz CT molecular complexity index is 234. The normalized spacial score (nSPS) is 29.3. The van der Waals surface area contributed by atoms with Crippen LogP contribution in [-0.2, 0) is 0 Å². The third-order valence-electron chi connectivity index (χ3n) is 2.41. The van der Waals surface area contributed by atoms with Crippen LogP contribution >= 0.6 is 0 Å². The van der Waals surface area contributed by atoms with E-state index in [2.05, 4.69) is 24.2 Å². The standard InChI is InChI=1S/C9H18N4/c1-3-4-7(2)9(11)5-6-12-8(10)13-9/h5-7H,3-4,11H2,1-2H3,(H3,10,12,13). The molecule has 0 aliphatic carbocycles. The Kier molecular flexibility index (Phi) is 2.93. The summed E-state index contributed by atoms with van der Waals surface area (Å²) in [5, 5.41) is 2.80. The highest BCUT2D eigenvalue weighted by molar-refractivity contribution is 5.80. The predicted octanol–water partition coefficient (Wildman–Crippen LogP) is 0.509. The molecule has 2 unspecified atom stereocenters. The second-order valence-electron chi connectivity index (χ2n) is 3.55. The Morgan fingerprint density at radius 2 is 2.38 bits per heavy atom. The van der Waals surface area contributed by atoms with Crippen molar-refractivity contribution >= 4 is 5.96 Å². The highest BCUT2D eigenvalue weighted by Gasteiger charge is 2.29. The van der Waals surface area contributed by atoms with Crippen LogP contribution in [0.3, 0.4) is 0 Å². The van der Waals surface area contributed by atoms with Crippen LogP contribution in [0, 0.1) is 5.92 Å². The number of nitrogens with zero attached hydrogens (tertiary/aromatic N) is 1. The number of hydrogen-bond acceptors (Lipinski definition) is 4. The van der Waals surface area contributed by atoms with Gasteiger partial charge in [0, 0.05) is 6.20 Å². The van der Waals surface area contributed by atoms with E-state index >= 15 is 0 Å². The van der Waals surface area contributed by atoms with Crippen molar-refractivity contribution in [2.45, 2.75) is 32.4 Å². The van der Waals surface area contributed by atoms with Crippen molar-refractivity contribution in [2.75, 3.05) is 0 Å². The van der Waals surface area contributed by atoms with Gasteiger partial charge in [-0.25, -0.2) is 4.99 Å². The van der Waals surface area contributed by atoms with E-state index < -0.39 is 5.66 Å². The van der Waals surface area contributed by atoms with Crippen LogP contribution < -0.4 is 16.8 Å². The Hall–Kier alpha value is -1.03. The number of nitrogens with one attached hydrogen (secondary N) is 1. The second kappa shape index (κ2) is 3.79. The first-order valence-electron chi connectivity index (χ1n) is 4.67. The Labute approximate surface area is 79.1 Å². The van der Waals surface area contributed by atoms with Gasteiger partial charge in [-0.3, -0.25) is 0 Å². The minimum absolute atomic E-state index is 0.314. The van der Waals surface area contributed by atoms with Crippen molar-refractivity contribution in [1.82, 2.24) is 5.32 Å². The lowest BCUT2D eigenvalue weighted by atomic mass is 9.91. The van der Waals surface area contributed by atoms with Crippen LogP contribution in [0.15, 0.2) is 17.3 Å². The summed E-state index contributed by atoms with van der Waals surface area (Å²) in [7, 11) is 0. The maximum atomic E-state index is 6.08. The molecule has 4 heteroatoms. The Morgan fingerprint density at radius 1 is 1.69 bits per heavy atom. The molecular weight excluding hydrogens is 164 g/mol. The van der Waals surface area contributed by atoms with Crippen molar-refractivity contribution in [2.24, 2.45) is 22.4 Å².